The van der Waals surface area contributed by atoms with Crippen LogP contribution in [0.3, 0.4) is 0 Å². The Morgan fingerprint density at radius 3 is 2.68 bits per heavy atom. The highest BCUT2D eigenvalue weighted by molar-refractivity contribution is 5.54. The number of aromatic nitrogens is 2. The highest BCUT2D eigenvalue weighted by Crippen LogP contribution is 2.28. The third-order valence-electron chi connectivity index (χ3n) is 4.03. The fourth-order valence-electron chi connectivity index (χ4n) is 2.57. The van der Waals surface area contributed by atoms with Gasteiger partial charge in [0.2, 0.25) is 11.7 Å². The summed E-state index contributed by atoms with van der Waals surface area (Å²) in [5.41, 5.74) is 2.20. The fraction of sp³-hybridized carbons (Fsp3) is 0.529. The zero-order valence-electron chi connectivity index (χ0n) is 13.0. The van der Waals surface area contributed by atoms with E-state index in [2.05, 4.69) is 34.1 Å². The number of hydrogen-bond donors (Lipinski definition) is 1. The largest absolute Gasteiger partial charge is 0.396 e. The van der Waals surface area contributed by atoms with E-state index in [9.17, 15) is 0 Å². The van der Waals surface area contributed by atoms with Gasteiger partial charge in [-0.2, -0.15) is 4.98 Å². The zero-order chi connectivity index (χ0) is 15.4. The summed E-state index contributed by atoms with van der Waals surface area (Å²) in [4.78, 5) is 6.91. The van der Waals surface area contributed by atoms with Crippen molar-refractivity contribution in [2.24, 2.45) is 0 Å². The molecule has 22 heavy (non-hydrogen) atoms. The van der Waals surface area contributed by atoms with E-state index >= 15 is 0 Å². The van der Waals surface area contributed by atoms with Crippen molar-refractivity contribution in [3.8, 4) is 11.4 Å². The van der Waals surface area contributed by atoms with Crippen LogP contribution in [-0.4, -0.2) is 39.3 Å². The van der Waals surface area contributed by atoms with Crippen molar-refractivity contribution in [3.05, 3.63) is 35.7 Å². The van der Waals surface area contributed by atoms with Crippen LogP contribution in [0.25, 0.3) is 11.4 Å². The van der Waals surface area contributed by atoms with E-state index in [0.29, 0.717) is 24.3 Å². The predicted molar refractivity (Wildman–Crippen MR) is 84.2 cm³/mol. The van der Waals surface area contributed by atoms with E-state index in [1.165, 1.54) is 18.4 Å². The molecule has 1 aliphatic carbocycles. The van der Waals surface area contributed by atoms with Gasteiger partial charge in [-0.3, -0.25) is 4.90 Å². The number of rotatable bonds is 8. The Hall–Kier alpha value is -1.72. The molecule has 5 heteroatoms. The van der Waals surface area contributed by atoms with Crippen molar-refractivity contribution in [2.45, 2.75) is 45.2 Å². The van der Waals surface area contributed by atoms with Gasteiger partial charge < -0.3 is 9.63 Å². The molecule has 1 saturated carbocycles. The van der Waals surface area contributed by atoms with Gasteiger partial charge in [-0.1, -0.05) is 35.0 Å². The normalized spacial score (nSPS) is 14.7. The van der Waals surface area contributed by atoms with Crippen LogP contribution in [0.4, 0.5) is 0 Å². The summed E-state index contributed by atoms with van der Waals surface area (Å²) in [6, 6.07) is 8.79. The van der Waals surface area contributed by atoms with E-state index in [1.807, 2.05) is 12.1 Å². The second-order valence-corrected chi connectivity index (χ2v) is 6.01. The molecule has 0 aliphatic heterocycles. The Bertz CT molecular complexity index is 590. The zero-order valence-corrected chi connectivity index (χ0v) is 13.0. The Labute approximate surface area is 131 Å². The van der Waals surface area contributed by atoms with Crippen LogP contribution in [-0.2, 0) is 6.54 Å². The highest BCUT2D eigenvalue weighted by Gasteiger charge is 2.29. The van der Waals surface area contributed by atoms with Gasteiger partial charge in [0.1, 0.15) is 0 Å². The minimum absolute atomic E-state index is 0.261. The third kappa shape index (κ3) is 3.93. The van der Waals surface area contributed by atoms with E-state index < -0.39 is 0 Å². The van der Waals surface area contributed by atoms with Gasteiger partial charge in [-0.15, -0.1) is 0 Å². The van der Waals surface area contributed by atoms with E-state index in [0.717, 1.165) is 24.9 Å². The van der Waals surface area contributed by atoms with Gasteiger partial charge in [-0.25, -0.2) is 0 Å². The molecule has 1 aromatic carbocycles. The first-order valence-electron chi connectivity index (χ1n) is 8.01. The van der Waals surface area contributed by atoms with Crippen molar-refractivity contribution in [1.29, 1.82) is 0 Å². The predicted octanol–water partition coefficient (Wildman–Crippen LogP) is 2.78. The molecule has 0 spiro atoms. The quantitative estimate of drug-likeness (QED) is 0.760. The van der Waals surface area contributed by atoms with Crippen molar-refractivity contribution in [2.75, 3.05) is 13.2 Å². The minimum Gasteiger partial charge on any atom is -0.396 e. The van der Waals surface area contributed by atoms with E-state index in [4.69, 9.17) is 9.63 Å². The lowest BCUT2D eigenvalue weighted by Crippen LogP contribution is -2.27. The van der Waals surface area contributed by atoms with Crippen LogP contribution in [0.15, 0.2) is 28.8 Å². The first kappa shape index (κ1) is 15.2. The van der Waals surface area contributed by atoms with Gasteiger partial charge in [0.05, 0.1) is 6.54 Å². The van der Waals surface area contributed by atoms with Crippen LogP contribution < -0.4 is 0 Å². The molecule has 0 atom stereocenters. The molecule has 0 amide bonds. The van der Waals surface area contributed by atoms with Crippen molar-refractivity contribution in [3.63, 3.8) is 0 Å². The molecular formula is C17H23N3O2. The average Bonchev–Trinajstić information content (AvgIpc) is 3.27. The molecule has 0 unspecified atom stereocenters. The second kappa shape index (κ2) is 7.03. The topological polar surface area (TPSA) is 62.4 Å². The standard InChI is InChI=1S/C17H23N3O2/c1-13-4-6-14(7-5-13)17-18-16(22-19-17)12-20(15-8-9-15)10-2-3-11-21/h4-7,15,21H,2-3,8-12H2,1H3. The molecular weight excluding hydrogens is 278 g/mol. The van der Waals surface area contributed by atoms with Gasteiger partial charge in [0, 0.05) is 18.2 Å². The molecule has 0 radical (unpaired) electrons. The Morgan fingerprint density at radius 2 is 2.00 bits per heavy atom. The Balaban J connectivity index is 1.63. The van der Waals surface area contributed by atoms with E-state index in [1.54, 1.807) is 0 Å². The van der Waals surface area contributed by atoms with Crippen LogP contribution in [0.2, 0.25) is 0 Å². The van der Waals surface area contributed by atoms with Crippen molar-refractivity contribution >= 4 is 0 Å². The summed E-state index contributed by atoms with van der Waals surface area (Å²) >= 11 is 0. The van der Waals surface area contributed by atoms with Gasteiger partial charge in [0.15, 0.2) is 0 Å². The number of nitrogens with zero attached hydrogens (tertiary/aromatic N) is 3. The smallest absolute Gasteiger partial charge is 0.241 e. The summed E-state index contributed by atoms with van der Waals surface area (Å²) in [6.45, 7) is 4.00. The molecule has 1 heterocycles. The van der Waals surface area contributed by atoms with Gasteiger partial charge in [0.25, 0.3) is 0 Å². The monoisotopic (exact) mass is 301 g/mol. The summed E-state index contributed by atoms with van der Waals surface area (Å²) < 4.78 is 5.41. The number of aliphatic hydroxyl groups is 1. The molecule has 118 valence electrons. The van der Waals surface area contributed by atoms with Crippen LogP contribution >= 0.6 is 0 Å². The molecule has 3 rings (SSSR count). The van der Waals surface area contributed by atoms with Gasteiger partial charge in [-0.05, 0) is 39.2 Å². The maximum Gasteiger partial charge on any atom is 0.241 e. The summed E-state index contributed by atoms with van der Waals surface area (Å²) in [7, 11) is 0. The molecule has 2 aromatic rings. The lowest BCUT2D eigenvalue weighted by molar-refractivity contribution is 0.203. The summed E-state index contributed by atoms with van der Waals surface area (Å²) in [6.07, 6.45) is 4.35. The number of hydrogen-bond acceptors (Lipinski definition) is 5. The molecule has 1 N–H and O–H groups in total. The maximum absolute atomic E-state index is 8.91. The second-order valence-electron chi connectivity index (χ2n) is 6.01. The van der Waals surface area contributed by atoms with Gasteiger partial charge >= 0.3 is 0 Å². The number of benzene rings is 1. The van der Waals surface area contributed by atoms with Crippen LogP contribution in [0.1, 0.15) is 37.1 Å². The van der Waals surface area contributed by atoms with Crippen molar-refractivity contribution in [1.82, 2.24) is 15.0 Å². The number of aryl methyl sites for hydroxylation is 1. The number of aliphatic hydroxyl groups excluding tert-OH is 1. The molecule has 1 aliphatic rings. The summed E-state index contributed by atoms with van der Waals surface area (Å²) in [5.74, 6) is 1.33. The average molecular weight is 301 g/mol. The van der Waals surface area contributed by atoms with E-state index in [-0.39, 0.29) is 6.61 Å². The lowest BCUT2D eigenvalue weighted by atomic mass is 10.1. The maximum atomic E-state index is 8.91. The molecule has 1 aromatic heterocycles. The SMILES string of the molecule is Cc1ccc(-c2noc(CN(CCCCO)C3CC3)n2)cc1. The first-order chi connectivity index (χ1) is 10.8. The van der Waals surface area contributed by atoms with Crippen LogP contribution in [0, 0.1) is 6.92 Å². The fourth-order valence-corrected chi connectivity index (χ4v) is 2.57. The molecule has 0 saturated heterocycles. The highest BCUT2D eigenvalue weighted by atomic mass is 16.5. The van der Waals surface area contributed by atoms with Crippen molar-refractivity contribution < 1.29 is 9.63 Å². The molecule has 0 bridgehead atoms. The third-order valence-corrected chi connectivity index (χ3v) is 4.03. The Kier molecular flexibility index (Phi) is 4.85. The molecule has 5 nitrogen and oxygen atoms in total. The lowest BCUT2D eigenvalue weighted by Gasteiger charge is -2.19. The van der Waals surface area contributed by atoms with Crippen LogP contribution in [0.5, 0.6) is 0 Å². The minimum atomic E-state index is 0.261. The summed E-state index contributed by atoms with van der Waals surface area (Å²) in [5, 5.41) is 13.0. The Morgan fingerprint density at radius 1 is 1.23 bits per heavy atom. The molecule has 1 fully saturated rings. The number of unbranched alkanes of at least 4 members (excludes halogenated alkanes) is 1. The first-order valence-corrected chi connectivity index (χ1v) is 8.01.